The molecular weight excluding hydrogens is 280 g/mol. The van der Waals surface area contributed by atoms with E-state index in [-0.39, 0.29) is 0 Å². The molecule has 0 unspecified atom stereocenters. The maximum absolute atomic E-state index is 5.26. The number of benzene rings is 1. The van der Waals surface area contributed by atoms with E-state index in [1.165, 1.54) is 63.4 Å². The van der Waals surface area contributed by atoms with Crippen LogP contribution in [0.5, 0.6) is 5.75 Å². The van der Waals surface area contributed by atoms with Crippen LogP contribution in [0.3, 0.4) is 0 Å². The number of hydrogen-bond acceptors (Lipinski definition) is 1. The Hall–Kier alpha value is -1.24. The van der Waals surface area contributed by atoms with Crippen molar-refractivity contribution in [2.24, 2.45) is 17.8 Å². The molecule has 2 aliphatic carbocycles. The second kappa shape index (κ2) is 8.04. The molecule has 1 heteroatoms. The monoisotopic (exact) mass is 312 g/mol. The van der Waals surface area contributed by atoms with Crippen molar-refractivity contribution in [3.8, 4) is 5.75 Å². The van der Waals surface area contributed by atoms with Gasteiger partial charge in [-0.3, -0.25) is 0 Å². The predicted molar refractivity (Wildman–Crippen MR) is 98.7 cm³/mol. The van der Waals surface area contributed by atoms with E-state index in [2.05, 4.69) is 37.3 Å². The average Bonchev–Trinajstić information content (AvgIpc) is 2.63. The zero-order chi connectivity index (χ0) is 16.1. The van der Waals surface area contributed by atoms with Crippen LogP contribution in [-0.4, -0.2) is 7.11 Å². The number of hydrogen-bond donors (Lipinski definition) is 0. The van der Waals surface area contributed by atoms with Gasteiger partial charge in [-0.1, -0.05) is 50.8 Å². The Bertz CT molecular complexity index is 505. The molecular formula is C22H32O. The Morgan fingerprint density at radius 1 is 0.957 bits per heavy atom. The van der Waals surface area contributed by atoms with Gasteiger partial charge in [0.25, 0.3) is 0 Å². The molecule has 0 amide bonds. The summed E-state index contributed by atoms with van der Waals surface area (Å²) in [5.74, 6) is 3.92. The first-order valence-electron chi connectivity index (χ1n) is 9.63. The average molecular weight is 312 g/mol. The normalized spacial score (nSPS) is 28.3. The molecule has 0 heterocycles. The molecule has 23 heavy (non-hydrogen) atoms. The zero-order valence-corrected chi connectivity index (χ0v) is 14.9. The standard InChI is InChI=1S/C22H32O/c1-3-4-17-5-7-18(8-6-17)19-9-11-20(12-10-19)21-13-15-22(23-2)16-14-21/h11,13-19H,3-10,12H2,1-2H3/t17?,18?,19-/m1/s1. The highest BCUT2D eigenvalue weighted by atomic mass is 16.5. The molecule has 0 spiro atoms. The molecule has 2 aliphatic rings. The van der Waals surface area contributed by atoms with Gasteiger partial charge in [0.1, 0.15) is 5.75 Å². The quantitative estimate of drug-likeness (QED) is 0.604. The number of allylic oxidation sites excluding steroid dienone is 2. The zero-order valence-electron chi connectivity index (χ0n) is 14.9. The Morgan fingerprint density at radius 2 is 1.70 bits per heavy atom. The van der Waals surface area contributed by atoms with Gasteiger partial charge in [-0.15, -0.1) is 0 Å². The van der Waals surface area contributed by atoms with Gasteiger partial charge in [0.15, 0.2) is 0 Å². The summed E-state index contributed by atoms with van der Waals surface area (Å²) in [5.41, 5.74) is 2.93. The van der Waals surface area contributed by atoms with Gasteiger partial charge in [-0.05, 0) is 73.1 Å². The molecule has 1 aromatic rings. The molecule has 1 aromatic carbocycles. The summed E-state index contributed by atoms with van der Waals surface area (Å²) in [6, 6.07) is 8.58. The Kier molecular flexibility index (Phi) is 5.80. The summed E-state index contributed by atoms with van der Waals surface area (Å²) in [6.07, 6.45) is 15.2. The molecule has 0 aliphatic heterocycles. The highest BCUT2D eigenvalue weighted by Gasteiger charge is 2.28. The molecule has 0 N–H and O–H groups in total. The van der Waals surface area contributed by atoms with Gasteiger partial charge >= 0.3 is 0 Å². The van der Waals surface area contributed by atoms with Crippen molar-refractivity contribution in [1.82, 2.24) is 0 Å². The Morgan fingerprint density at radius 3 is 2.26 bits per heavy atom. The largest absolute Gasteiger partial charge is 0.497 e. The summed E-state index contributed by atoms with van der Waals surface area (Å²) in [4.78, 5) is 0. The van der Waals surface area contributed by atoms with E-state index in [4.69, 9.17) is 4.74 Å². The maximum atomic E-state index is 5.26. The van der Waals surface area contributed by atoms with E-state index in [0.717, 1.165) is 23.5 Å². The van der Waals surface area contributed by atoms with Crippen LogP contribution in [0, 0.1) is 17.8 Å². The van der Waals surface area contributed by atoms with Crippen molar-refractivity contribution >= 4 is 5.57 Å². The summed E-state index contributed by atoms with van der Waals surface area (Å²) in [7, 11) is 1.73. The van der Waals surface area contributed by atoms with Crippen molar-refractivity contribution in [2.75, 3.05) is 7.11 Å². The molecule has 3 rings (SSSR count). The molecule has 0 radical (unpaired) electrons. The third-order valence-electron chi connectivity index (χ3n) is 6.17. The molecule has 1 atom stereocenters. The highest BCUT2D eigenvalue weighted by molar-refractivity contribution is 5.66. The first-order valence-corrected chi connectivity index (χ1v) is 9.63. The minimum Gasteiger partial charge on any atom is -0.497 e. The fourth-order valence-corrected chi connectivity index (χ4v) is 4.71. The van der Waals surface area contributed by atoms with Crippen LogP contribution in [0.1, 0.15) is 70.3 Å². The predicted octanol–water partition coefficient (Wildman–Crippen LogP) is 6.49. The van der Waals surface area contributed by atoms with Crippen LogP contribution < -0.4 is 4.74 Å². The first-order chi connectivity index (χ1) is 11.3. The van der Waals surface area contributed by atoms with E-state index < -0.39 is 0 Å². The van der Waals surface area contributed by atoms with Gasteiger partial charge in [-0.25, -0.2) is 0 Å². The van der Waals surface area contributed by atoms with Crippen LogP contribution in [0.15, 0.2) is 30.3 Å². The van der Waals surface area contributed by atoms with Crippen molar-refractivity contribution in [1.29, 1.82) is 0 Å². The molecule has 0 saturated heterocycles. The minimum atomic E-state index is 0.944. The summed E-state index contributed by atoms with van der Waals surface area (Å²) >= 11 is 0. The van der Waals surface area contributed by atoms with Gasteiger partial charge in [-0.2, -0.15) is 0 Å². The first kappa shape index (κ1) is 16.6. The second-order valence-electron chi connectivity index (χ2n) is 7.56. The third-order valence-corrected chi connectivity index (χ3v) is 6.17. The lowest BCUT2D eigenvalue weighted by atomic mass is 9.70. The summed E-state index contributed by atoms with van der Waals surface area (Å²) in [6.45, 7) is 2.33. The van der Waals surface area contributed by atoms with Crippen LogP contribution in [0.25, 0.3) is 5.57 Å². The SMILES string of the molecule is CCCC1CCC([C@@H]2CC=C(c3ccc(OC)cc3)CC2)CC1. The van der Waals surface area contributed by atoms with Gasteiger partial charge in [0.2, 0.25) is 0 Å². The van der Waals surface area contributed by atoms with Crippen molar-refractivity contribution in [2.45, 2.75) is 64.7 Å². The number of ether oxygens (including phenoxy) is 1. The van der Waals surface area contributed by atoms with Crippen LogP contribution >= 0.6 is 0 Å². The molecule has 126 valence electrons. The van der Waals surface area contributed by atoms with Crippen molar-refractivity contribution in [3.05, 3.63) is 35.9 Å². The van der Waals surface area contributed by atoms with Crippen molar-refractivity contribution < 1.29 is 4.74 Å². The lowest BCUT2D eigenvalue weighted by Gasteiger charge is -2.35. The number of methoxy groups -OCH3 is 1. The summed E-state index contributed by atoms with van der Waals surface area (Å²) < 4.78 is 5.26. The topological polar surface area (TPSA) is 9.23 Å². The fourth-order valence-electron chi connectivity index (χ4n) is 4.71. The summed E-state index contributed by atoms with van der Waals surface area (Å²) in [5, 5.41) is 0. The Labute approximate surface area is 142 Å². The lowest BCUT2D eigenvalue weighted by Crippen LogP contribution is -2.23. The minimum absolute atomic E-state index is 0.944. The second-order valence-corrected chi connectivity index (χ2v) is 7.56. The van der Waals surface area contributed by atoms with Crippen LogP contribution in [0.2, 0.25) is 0 Å². The molecule has 0 bridgehead atoms. The number of rotatable bonds is 5. The third kappa shape index (κ3) is 4.19. The van der Waals surface area contributed by atoms with E-state index in [1.54, 1.807) is 12.7 Å². The van der Waals surface area contributed by atoms with Gasteiger partial charge in [0, 0.05) is 0 Å². The Balaban J connectivity index is 1.54. The van der Waals surface area contributed by atoms with Gasteiger partial charge < -0.3 is 4.74 Å². The van der Waals surface area contributed by atoms with Crippen LogP contribution in [0.4, 0.5) is 0 Å². The maximum Gasteiger partial charge on any atom is 0.118 e. The van der Waals surface area contributed by atoms with E-state index in [0.29, 0.717) is 0 Å². The van der Waals surface area contributed by atoms with Gasteiger partial charge in [0.05, 0.1) is 7.11 Å². The lowest BCUT2D eigenvalue weighted by molar-refractivity contribution is 0.189. The smallest absolute Gasteiger partial charge is 0.118 e. The molecule has 1 nitrogen and oxygen atoms in total. The van der Waals surface area contributed by atoms with Crippen molar-refractivity contribution in [3.63, 3.8) is 0 Å². The molecule has 1 saturated carbocycles. The highest BCUT2D eigenvalue weighted by Crippen LogP contribution is 2.42. The van der Waals surface area contributed by atoms with E-state index in [1.807, 2.05) is 0 Å². The fraction of sp³-hybridized carbons (Fsp3) is 0.636. The molecule has 1 fully saturated rings. The van der Waals surface area contributed by atoms with E-state index in [9.17, 15) is 0 Å². The van der Waals surface area contributed by atoms with Crippen LogP contribution in [-0.2, 0) is 0 Å². The molecule has 0 aromatic heterocycles. The van der Waals surface area contributed by atoms with E-state index >= 15 is 0 Å².